The lowest BCUT2D eigenvalue weighted by atomic mass is 10.0. The first-order chi connectivity index (χ1) is 9.88. The maximum Gasteiger partial charge on any atom is 0.119 e. The Kier molecular flexibility index (Phi) is 3.46. The average Bonchev–Trinajstić information content (AvgIpc) is 2.98. The van der Waals surface area contributed by atoms with Gasteiger partial charge >= 0.3 is 0 Å². The monoisotopic (exact) mass is 265 g/mol. The molecule has 0 aliphatic heterocycles. The second-order valence-electron chi connectivity index (χ2n) is 4.34. The summed E-state index contributed by atoms with van der Waals surface area (Å²) in [6.45, 7) is 2.63. The fourth-order valence-electron chi connectivity index (χ4n) is 2.16. The molecule has 0 aliphatic carbocycles. The summed E-state index contributed by atoms with van der Waals surface area (Å²) in [6.07, 6.45) is 5.46. The van der Waals surface area contributed by atoms with Crippen molar-refractivity contribution in [1.82, 2.24) is 15.2 Å². The SMILES string of the molecule is CCOc1cccc(-c2n[nH]cc2-c2ccncc2)c1. The Bertz CT molecular complexity index is 692. The number of rotatable bonds is 4. The number of aromatic amines is 1. The molecule has 4 nitrogen and oxygen atoms in total. The third kappa shape index (κ3) is 2.40. The summed E-state index contributed by atoms with van der Waals surface area (Å²) >= 11 is 0. The van der Waals surface area contributed by atoms with Gasteiger partial charge in [-0.15, -0.1) is 0 Å². The molecular weight excluding hydrogens is 250 g/mol. The van der Waals surface area contributed by atoms with E-state index < -0.39 is 0 Å². The quantitative estimate of drug-likeness (QED) is 0.785. The van der Waals surface area contributed by atoms with Crippen LogP contribution < -0.4 is 4.74 Å². The maximum absolute atomic E-state index is 5.54. The average molecular weight is 265 g/mol. The van der Waals surface area contributed by atoms with Gasteiger partial charge in [-0.1, -0.05) is 12.1 Å². The molecule has 0 spiro atoms. The van der Waals surface area contributed by atoms with Crippen LogP contribution in [0.1, 0.15) is 6.92 Å². The molecule has 3 aromatic rings. The maximum atomic E-state index is 5.54. The molecule has 0 atom stereocenters. The van der Waals surface area contributed by atoms with E-state index in [9.17, 15) is 0 Å². The van der Waals surface area contributed by atoms with Gasteiger partial charge in [-0.25, -0.2) is 0 Å². The fourth-order valence-corrected chi connectivity index (χ4v) is 2.16. The van der Waals surface area contributed by atoms with Gasteiger partial charge in [0.25, 0.3) is 0 Å². The van der Waals surface area contributed by atoms with Crippen LogP contribution in [0.25, 0.3) is 22.4 Å². The van der Waals surface area contributed by atoms with E-state index in [2.05, 4.69) is 15.2 Å². The number of aromatic nitrogens is 3. The van der Waals surface area contributed by atoms with Crippen molar-refractivity contribution in [3.8, 4) is 28.1 Å². The highest BCUT2D eigenvalue weighted by atomic mass is 16.5. The molecular formula is C16H15N3O. The van der Waals surface area contributed by atoms with Gasteiger partial charge < -0.3 is 4.74 Å². The van der Waals surface area contributed by atoms with Gasteiger partial charge in [-0.3, -0.25) is 10.1 Å². The van der Waals surface area contributed by atoms with E-state index >= 15 is 0 Å². The predicted molar refractivity (Wildman–Crippen MR) is 78.4 cm³/mol. The predicted octanol–water partition coefficient (Wildman–Crippen LogP) is 3.54. The minimum absolute atomic E-state index is 0.654. The van der Waals surface area contributed by atoms with Gasteiger partial charge in [0, 0.05) is 29.7 Å². The zero-order chi connectivity index (χ0) is 13.8. The van der Waals surface area contributed by atoms with Crippen molar-refractivity contribution in [2.45, 2.75) is 6.92 Å². The number of nitrogens with zero attached hydrogens (tertiary/aromatic N) is 2. The molecule has 100 valence electrons. The number of nitrogens with one attached hydrogen (secondary N) is 1. The van der Waals surface area contributed by atoms with Crippen molar-refractivity contribution < 1.29 is 4.74 Å². The van der Waals surface area contributed by atoms with Crippen LogP contribution >= 0.6 is 0 Å². The second-order valence-corrected chi connectivity index (χ2v) is 4.34. The molecule has 2 aromatic heterocycles. The molecule has 1 N–H and O–H groups in total. The number of benzene rings is 1. The molecule has 2 heterocycles. The summed E-state index contributed by atoms with van der Waals surface area (Å²) in [5.41, 5.74) is 4.09. The van der Waals surface area contributed by atoms with E-state index in [-0.39, 0.29) is 0 Å². The van der Waals surface area contributed by atoms with Crippen LogP contribution in [0.2, 0.25) is 0 Å². The summed E-state index contributed by atoms with van der Waals surface area (Å²) in [5, 5.41) is 7.30. The fraction of sp³-hybridized carbons (Fsp3) is 0.125. The number of H-pyrrole nitrogens is 1. The molecule has 0 aliphatic rings. The van der Waals surface area contributed by atoms with Crippen molar-refractivity contribution >= 4 is 0 Å². The molecule has 0 radical (unpaired) electrons. The number of hydrogen-bond donors (Lipinski definition) is 1. The van der Waals surface area contributed by atoms with Gasteiger partial charge in [-0.05, 0) is 36.8 Å². The Morgan fingerprint density at radius 3 is 2.75 bits per heavy atom. The van der Waals surface area contributed by atoms with Gasteiger partial charge in [0.1, 0.15) is 5.75 Å². The van der Waals surface area contributed by atoms with Gasteiger partial charge in [0.05, 0.1) is 12.3 Å². The van der Waals surface area contributed by atoms with Crippen LogP contribution in [0.4, 0.5) is 0 Å². The molecule has 0 saturated carbocycles. The van der Waals surface area contributed by atoms with E-state index in [1.54, 1.807) is 12.4 Å². The zero-order valence-electron chi connectivity index (χ0n) is 11.2. The van der Waals surface area contributed by atoms with Crippen molar-refractivity contribution in [2.75, 3.05) is 6.61 Å². The summed E-state index contributed by atoms with van der Waals surface area (Å²) in [6, 6.07) is 11.9. The molecule has 0 amide bonds. The lowest BCUT2D eigenvalue weighted by molar-refractivity contribution is 0.340. The summed E-state index contributed by atoms with van der Waals surface area (Å²) in [5.74, 6) is 0.855. The minimum Gasteiger partial charge on any atom is -0.494 e. The Balaban J connectivity index is 2.04. The molecule has 1 aromatic carbocycles. The molecule has 0 fully saturated rings. The first kappa shape index (κ1) is 12.4. The second kappa shape index (κ2) is 5.57. The molecule has 0 unspecified atom stereocenters. The molecule has 3 rings (SSSR count). The summed E-state index contributed by atoms with van der Waals surface area (Å²) in [4.78, 5) is 4.05. The topological polar surface area (TPSA) is 50.8 Å². The van der Waals surface area contributed by atoms with Gasteiger partial charge in [0.2, 0.25) is 0 Å². The Hall–Kier alpha value is -2.62. The Morgan fingerprint density at radius 2 is 1.95 bits per heavy atom. The van der Waals surface area contributed by atoms with Gasteiger partial charge in [-0.2, -0.15) is 5.10 Å². The lowest BCUT2D eigenvalue weighted by Crippen LogP contribution is -1.91. The van der Waals surface area contributed by atoms with Crippen LogP contribution in [0.3, 0.4) is 0 Å². The smallest absolute Gasteiger partial charge is 0.119 e. The van der Waals surface area contributed by atoms with E-state index in [0.29, 0.717) is 6.61 Å². The summed E-state index contributed by atoms with van der Waals surface area (Å²) in [7, 11) is 0. The van der Waals surface area contributed by atoms with Crippen LogP contribution in [0.5, 0.6) is 5.75 Å². The first-order valence-electron chi connectivity index (χ1n) is 6.56. The molecule has 0 saturated heterocycles. The van der Waals surface area contributed by atoms with E-state index in [4.69, 9.17) is 4.74 Å². The van der Waals surface area contributed by atoms with Crippen molar-refractivity contribution in [3.63, 3.8) is 0 Å². The van der Waals surface area contributed by atoms with E-state index in [1.807, 2.05) is 49.5 Å². The van der Waals surface area contributed by atoms with Crippen molar-refractivity contribution in [1.29, 1.82) is 0 Å². The van der Waals surface area contributed by atoms with E-state index in [1.165, 1.54) is 0 Å². The number of pyridine rings is 1. The first-order valence-corrected chi connectivity index (χ1v) is 6.56. The van der Waals surface area contributed by atoms with Gasteiger partial charge in [0.15, 0.2) is 0 Å². The van der Waals surface area contributed by atoms with Crippen LogP contribution in [-0.2, 0) is 0 Å². The number of hydrogen-bond acceptors (Lipinski definition) is 3. The Morgan fingerprint density at radius 1 is 1.10 bits per heavy atom. The number of ether oxygens (including phenoxy) is 1. The standard InChI is InChI=1S/C16H15N3O/c1-2-20-14-5-3-4-13(10-14)16-15(11-18-19-16)12-6-8-17-9-7-12/h3-11H,2H2,1H3,(H,18,19). The van der Waals surface area contributed by atoms with Crippen LogP contribution in [-0.4, -0.2) is 21.8 Å². The van der Waals surface area contributed by atoms with Crippen LogP contribution in [0, 0.1) is 0 Å². The zero-order valence-corrected chi connectivity index (χ0v) is 11.2. The Labute approximate surface area is 117 Å². The third-order valence-corrected chi connectivity index (χ3v) is 3.05. The molecule has 20 heavy (non-hydrogen) atoms. The minimum atomic E-state index is 0.654. The highest BCUT2D eigenvalue weighted by Gasteiger charge is 2.10. The molecule has 4 heteroatoms. The largest absolute Gasteiger partial charge is 0.494 e. The highest BCUT2D eigenvalue weighted by molar-refractivity contribution is 5.80. The third-order valence-electron chi connectivity index (χ3n) is 3.05. The van der Waals surface area contributed by atoms with Crippen LogP contribution in [0.15, 0.2) is 55.0 Å². The normalized spacial score (nSPS) is 10.4. The van der Waals surface area contributed by atoms with Crippen molar-refractivity contribution in [2.24, 2.45) is 0 Å². The summed E-state index contributed by atoms with van der Waals surface area (Å²) < 4.78 is 5.54. The molecule has 0 bridgehead atoms. The van der Waals surface area contributed by atoms with Crippen molar-refractivity contribution in [3.05, 3.63) is 55.0 Å². The van der Waals surface area contributed by atoms with E-state index in [0.717, 1.165) is 28.1 Å². The lowest BCUT2D eigenvalue weighted by Gasteiger charge is -2.06. The highest BCUT2D eigenvalue weighted by Crippen LogP contribution is 2.31.